The summed E-state index contributed by atoms with van der Waals surface area (Å²) in [6, 6.07) is 11.1. The van der Waals surface area contributed by atoms with Crippen LogP contribution in [0.4, 0.5) is 0 Å². The number of alkyl halides is 1. The van der Waals surface area contributed by atoms with Crippen molar-refractivity contribution in [3.05, 3.63) is 35.9 Å². The van der Waals surface area contributed by atoms with E-state index in [2.05, 4.69) is 30.3 Å². The molecule has 0 aromatic heterocycles. The largest absolute Gasteiger partial charge is 0.363 e. The molecule has 0 N–H and O–H groups in total. The summed E-state index contributed by atoms with van der Waals surface area (Å²) >= 11 is 5.57. The number of benzene rings is 1. The van der Waals surface area contributed by atoms with Crippen molar-refractivity contribution in [3.63, 3.8) is 0 Å². The first-order valence-corrected chi connectivity index (χ1v) is 6.16. The van der Waals surface area contributed by atoms with Crippen LogP contribution >= 0.6 is 11.6 Å². The molecule has 0 unspecified atom stereocenters. The summed E-state index contributed by atoms with van der Waals surface area (Å²) in [4.78, 5) is 0. The van der Waals surface area contributed by atoms with Crippen molar-refractivity contribution in [2.24, 2.45) is 0 Å². The molecule has 82 valence electrons. The van der Waals surface area contributed by atoms with Crippen LogP contribution in [0, 0.1) is 0 Å². The van der Waals surface area contributed by atoms with Crippen molar-refractivity contribution in [3.8, 4) is 0 Å². The van der Waals surface area contributed by atoms with Crippen LogP contribution in [0.3, 0.4) is 0 Å². The van der Waals surface area contributed by atoms with Crippen LogP contribution in [0.25, 0.3) is 0 Å². The van der Waals surface area contributed by atoms with Gasteiger partial charge < -0.3 is 4.74 Å². The van der Waals surface area contributed by atoms with E-state index < -0.39 is 0 Å². The molecule has 0 saturated heterocycles. The van der Waals surface area contributed by atoms with Gasteiger partial charge in [-0.1, -0.05) is 41.9 Å². The summed E-state index contributed by atoms with van der Waals surface area (Å²) in [7, 11) is 0. The van der Waals surface area contributed by atoms with Gasteiger partial charge in [0.2, 0.25) is 0 Å². The Kier molecular flexibility index (Phi) is 4.04. The van der Waals surface area contributed by atoms with Gasteiger partial charge in [-0.05, 0) is 37.2 Å². The molecule has 0 atom stereocenters. The standard InChI is InChI=1S/C13H17ClO/c14-10-15-13-8-6-12(7-9-13)11-4-2-1-3-5-11/h1-5,12-13H,6-10H2. The van der Waals surface area contributed by atoms with Gasteiger partial charge in [0.15, 0.2) is 0 Å². The molecule has 0 amide bonds. The maximum atomic E-state index is 5.57. The Balaban J connectivity index is 1.88. The topological polar surface area (TPSA) is 9.23 Å². The number of rotatable bonds is 3. The second-order valence-corrected chi connectivity index (χ2v) is 4.38. The summed E-state index contributed by atoms with van der Waals surface area (Å²) in [6.07, 6.45) is 5.14. The van der Waals surface area contributed by atoms with Gasteiger partial charge in [0.25, 0.3) is 0 Å². The summed E-state index contributed by atoms with van der Waals surface area (Å²) in [6.45, 7) is 0. The van der Waals surface area contributed by atoms with E-state index in [-0.39, 0.29) is 0 Å². The lowest BCUT2D eigenvalue weighted by Gasteiger charge is -2.28. The molecule has 0 heterocycles. The van der Waals surface area contributed by atoms with Crippen molar-refractivity contribution in [1.29, 1.82) is 0 Å². The average Bonchev–Trinajstić information content (AvgIpc) is 2.32. The number of halogens is 1. The van der Waals surface area contributed by atoms with Gasteiger partial charge in [-0.2, -0.15) is 0 Å². The number of hydrogen-bond donors (Lipinski definition) is 0. The summed E-state index contributed by atoms with van der Waals surface area (Å²) in [5.41, 5.74) is 1.47. The van der Waals surface area contributed by atoms with E-state index in [0.29, 0.717) is 12.2 Å². The Morgan fingerprint density at radius 1 is 1.07 bits per heavy atom. The van der Waals surface area contributed by atoms with E-state index in [9.17, 15) is 0 Å². The zero-order chi connectivity index (χ0) is 10.5. The molecule has 0 spiro atoms. The normalized spacial score (nSPS) is 26.5. The zero-order valence-electron chi connectivity index (χ0n) is 8.86. The van der Waals surface area contributed by atoms with Gasteiger partial charge in [0.05, 0.1) is 6.10 Å². The minimum absolute atomic E-state index is 0.334. The molecule has 0 radical (unpaired) electrons. The first-order valence-electron chi connectivity index (χ1n) is 5.62. The third-order valence-corrected chi connectivity index (χ3v) is 3.37. The fraction of sp³-hybridized carbons (Fsp3) is 0.538. The lowest BCUT2D eigenvalue weighted by atomic mass is 9.83. The second-order valence-electron chi connectivity index (χ2n) is 4.16. The number of hydrogen-bond acceptors (Lipinski definition) is 1. The van der Waals surface area contributed by atoms with Gasteiger partial charge in [0.1, 0.15) is 6.07 Å². The minimum Gasteiger partial charge on any atom is -0.363 e. The van der Waals surface area contributed by atoms with E-state index in [1.165, 1.54) is 18.4 Å². The van der Waals surface area contributed by atoms with Crippen molar-refractivity contribution >= 4 is 11.6 Å². The van der Waals surface area contributed by atoms with Crippen LogP contribution in [-0.2, 0) is 4.74 Å². The molecule has 0 bridgehead atoms. The lowest BCUT2D eigenvalue weighted by Crippen LogP contribution is -2.20. The maximum absolute atomic E-state index is 5.57. The molecule has 1 aliphatic rings. The Labute approximate surface area is 96.4 Å². The van der Waals surface area contributed by atoms with Crippen LogP contribution < -0.4 is 0 Å². The van der Waals surface area contributed by atoms with Gasteiger partial charge in [-0.25, -0.2) is 0 Å². The van der Waals surface area contributed by atoms with E-state index in [1.54, 1.807) is 0 Å². The van der Waals surface area contributed by atoms with Gasteiger partial charge in [-0.15, -0.1) is 0 Å². The molecule has 1 saturated carbocycles. The fourth-order valence-corrected chi connectivity index (χ4v) is 2.56. The van der Waals surface area contributed by atoms with Crippen LogP contribution in [-0.4, -0.2) is 12.2 Å². The maximum Gasteiger partial charge on any atom is 0.121 e. The third kappa shape index (κ3) is 2.96. The number of ether oxygens (including phenoxy) is 1. The average molecular weight is 225 g/mol. The van der Waals surface area contributed by atoms with Crippen molar-refractivity contribution in [1.82, 2.24) is 0 Å². The molecule has 1 aromatic rings. The molecular weight excluding hydrogens is 208 g/mol. The van der Waals surface area contributed by atoms with Crippen LogP contribution in [0.1, 0.15) is 37.2 Å². The predicted molar refractivity (Wildman–Crippen MR) is 63.2 cm³/mol. The molecule has 0 aliphatic heterocycles. The minimum atomic E-state index is 0.334. The Bertz CT molecular complexity index is 278. The predicted octanol–water partition coefficient (Wildman–Crippen LogP) is 3.93. The molecule has 1 aliphatic carbocycles. The molecular formula is C13H17ClO. The van der Waals surface area contributed by atoms with E-state index in [0.717, 1.165) is 18.8 Å². The van der Waals surface area contributed by atoms with Crippen LogP contribution in [0.2, 0.25) is 0 Å². The molecule has 2 heteroatoms. The van der Waals surface area contributed by atoms with E-state index in [1.807, 2.05) is 0 Å². The monoisotopic (exact) mass is 224 g/mol. The Hall–Kier alpha value is -0.530. The van der Waals surface area contributed by atoms with Gasteiger partial charge in [-0.3, -0.25) is 0 Å². The summed E-state index contributed by atoms with van der Waals surface area (Å²) in [5.74, 6) is 0.723. The first kappa shape index (κ1) is 11.0. The highest BCUT2D eigenvalue weighted by molar-refractivity contribution is 6.17. The molecule has 1 fully saturated rings. The van der Waals surface area contributed by atoms with Crippen molar-refractivity contribution < 1.29 is 4.74 Å². The van der Waals surface area contributed by atoms with E-state index in [4.69, 9.17) is 16.3 Å². The lowest BCUT2D eigenvalue weighted by molar-refractivity contribution is 0.0531. The van der Waals surface area contributed by atoms with Crippen molar-refractivity contribution in [2.45, 2.75) is 37.7 Å². The SMILES string of the molecule is ClCOC1CCC(c2ccccc2)CC1. The Morgan fingerprint density at radius 3 is 2.33 bits per heavy atom. The summed E-state index contributed by atoms with van der Waals surface area (Å²) in [5, 5.41) is 0. The summed E-state index contributed by atoms with van der Waals surface area (Å²) < 4.78 is 5.43. The highest BCUT2D eigenvalue weighted by Crippen LogP contribution is 2.33. The van der Waals surface area contributed by atoms with Crippen LogP contribution in [0.5, 0.6) is 0 Å². The quantitative estimate of drug-likeness (QED) is 0.707. The molecule has 1 aromatic carbocycles. The van der Waals surface area contributed by atoms with Crippen LogP contribution in [0.15, 0.2) is 30.3 Å². The zero-order valence-corrected chi connectivity index (χ0v) is 9.62. The molecule has 1 nitrogen and oxygen atoms in total. The third-order valence-electron chi connectivity index (χ3n) is 3.24. The Morgan fingerprint density at radius 2 is 1.73 bits per heavy atom. The van der Waals surface area contributed by atoms with Gasteiger partial charge >= 0.3 is 0 Å². The fourth-order valence-electron chi connectivity index (χ4n) is 2.38. The first-order chi connectivity index (χ1) is 7.40. The highest BCUT2D eigenvalue weighted by atomic mass is 35.5. The molecule has 15 heavy (non-hydrogen) atoms. The van der Waals surface area contributed by atoms with E-state index >= 15 is 0 Å². The molecule has 2 rings (SSSR count). The van der Waals surface area contributed by atoms with Crippen molar-refractivity contribution in [2.75, 3.05) is 6.07 Å². The second kappa shape index (κ2) is 5.53. The van der Waals surface area contributed by atoms with Gasteiger partial charge in [0, 0.05) is 0 Å². The smallest absolute Gasteiger partial charge is 0.121 e. The highest BCUT2D eigenvalue weighted by Gasteiger charge is 2.22.